The first kappa shape index (κ1) is 20.0. The van der Waals surface area contributed by atoms with Gasteiger partial charge >= 0.3 is 0 Å². The highest BCUT2D eigenvalue weighted by Crippen LogP contribution is 2.19. The lowest BCUT2D eigenvalue weighted by Crippen LogP contribution is -2.13. The van der Waals surface area contributed by atoms with E-state index >= 15 is 0 Å². The van der Waals surface area contributed by atoms with Crippen LogP contribution in [0.15, 0.2) is 72.3 Å². The van der Waals surface area contributed by atoms with Crippen molar-refractivity contribution in [1.82, 2.24) is 0 Å². The van der Waals surface area contributed by atoms with E-state index in [0.29, 0.717) is 12.1 Å². The first-order chi connectivity index (χ1) is 14.0. The zero-order valence-corrected chi connectivity index (χ0v) is 16.4. The number of nitrogens with zero attached hydrogens (tertiary/aromatic N) is 1. The van der Waals surface area contributed by atoms with Gasteiger partial charge in [-0.2, -0.15) is 5.26 Å². The third-order valence-corrected chi connectivity index (χ3v) is 4.77. The molecule has 29 heavy (non-hydrogen) atoms. The molecule has 0 aliphatic heterocycles. The molecule has 0 saturated carbocycles. The summed E-state index contributed by atoms with van der Waals surface area (Å²) < 4.78 is 13.5. The summed E-state index contributed by atoms with van der Waals surface area (Å²) in [5.41, 5.74) is 5.33. The van der Waals surface area contributed by atoms with E-state index in [1.54, 1.807) is 12.1 Å². The van der Waals surface area contributed by atoms with E-state index < -0.39 is 5.91 Å². The van der Waals surface area contributed by atoms with Gasteiger partial charge in [0.1, 0.15) is 17.5 Å². The Kier molecular flexibility index (Phi) is 6.21. The molecule has 0 radical (unpaired) electrons. The van der Waals surface area contributed by atoms with Crippen LogP contribution in [0, 0.1) is 31.0 Å². The minimum atomic E-state index is -0.462. The van der Waals surface area contributed by atoms with Gasteiger partial charge in [-0.3, -0.25) is 4.79 Å². The molecular weight excluding hydrogens is 363 g/mol. The molecule has 0 aliphatic rings. The highest BCUT2D eigenvalue weighted by atomic mass is 19.1. The van der Waals surface area contributed by atoms with Crippen LogP contribution in [0.1, 0.15) is 27.8 Å². The number of carbonyl (C=O) groups is 1. The van der Waals surface area contributed by atoms with Crippen molar-refractivity contribution in [1.29, 1.82) is 5.26 Å². The molecule has 0 fully saturated rings. The highest BCUT2D eigenvalue weighted by molar-refractivity contribution is 6.09. The first-order valence-electron chi connectivity index (χ1n) is 9.29. The monoisotopic (exact) mass is 384 g/mol. The van der Waals surface area contributed by atoms with Gasteiger partial charge in [0.25, 0.3) is 5.91 Å². The van der Waals surface area contributed by atoms with Crippen molar-refractivity contribution in [2.75, 3.05) is 5.32 Å². The Balaban J connectivity index is 1.86. The number of amides is 1. The number of carbonyl (C=O) groups excluding carboxylic acids is 1. The fraction of sp³-hybridized carbons (Fsp3) is 0.120. The van der Waals surface area contributed by atoms with Gasteiger partial charge in [0.2, 0.25) is 0 Å². The van der Waals surface area contributed by atoms with Gasteiger partial charge < -0.3 is 5.32 Å². The van der Waals surface area contributed by atoms with E-state index in [9.17, 15) is 14.4 Å². The standard InChI is InChI=1S/C25H21FN2O/c1-17-10-11-24(12-18(17)2)28-25(29)22(16-27)15-21-8-4-3-7-20(21)13-19-6-5-9-23(26)14-19/h3-12,14-15H,13H2,1-2H3,(H,28,29)/b22-15+. The fourth-order valence-corrected chi connectivity index (χ4v) is 3.02. The summed E-state index contributed by atoms with van der Waals surface area (Å²) in [4.78, 5) is 12.6. The molecule has 0 aromatic heterocycles. The number of halogens is 1. The lowest BCUT2D eigenvalue weighted by Gasteiger charge is -2.09. The molecule has 3 aromatic rings. The van der Waals surface area contributed by atoms with E-state index in [4.69, 9.17) is 0 Å². The molecule has 4 heteroatoms. The van der Waals surface area contributed by atoms with Crippen molar-refractivity contribution in [2.45, 2.75) is 20.3 Å². The summed E-state index contributed by atoms with van der Waals surface area (Å²) in [6, 6.07) is 21.5. The van der Waals surface area contributed by atoms with Gasteiger partial charge in [-0.15, -0.1) is 0 Å². The molecule has 1 amide bonds. The summed E-state index contributed by atoms with van der Waals surface area (Å²) in [6.45, 7) is 3.96. The molecule has 0 atom stereocenters. The van der Waals surface area contributed by atoms with Gasteiger partial charge in [-0.1, -0.05) is 42.5 Å². The van der Waals surface area contributed by atoms with Gasteiger partial charge in [0, 0.05) is 5.69 Å². The van der Waals surface area contributed by atoms with Crippen LogP contribution < -0.4 is 5.32 Å². The number of benzene rings is 3. The zero-order chi connectivity index (χ0) is 20.8. The molecule has 0 unspecified atom stereocenters. The predicted octanol–water partition coefficient (Wildman–Crippen LogP) is 5.58. The lowest BCUT2D eigenvalue weighted by molar-refractivity contribution is -0.112. The second-order valence-corrected chi connectivity index (χ2v) is 6.93. The molecule has 3 aromatic carbocycles. The zero-order valence-electron chi connectivity index (χ0n) is 16.4. The summed E-state index contributed by atoms with van der Waals surface area (Å²) in [5.74, 6) is -0.752. The predicted molar refractivity (Wildman–Crippen MR) is 114 cm³/mol. The summed E-state index contributed by atoms with van der Waals surface area (Å²) in [5, 5.41) is 12.3. The normalized spacial score (nSPS) is 11.0. The molecule has 144 valence electrons. The molecule has 3 rings (SSSR count). The molecule has 0 spiro atoms. The van der Waals surface area contributed by atoms with E-state index in [1.807, 2.05) is 68.4 Å². The van der Waals surface area contributed by atoms with Crippen molar-refractivity contribution >= 4 is 17.7 Å². The van der Waals surface area contributed by atoms with Crippen LogP contribution in [0.25, 0.3) is 6.08 Å². The van der Waals surface area contributed by atoms with Crippen LogP contribution in [0.3, 0.4) is 0 Å². The second kappa shape index (κ2) is 8.99. The quantitative estimate of drug-likeness (QED) is 0.461. The smallest absolute Gasteiger partial charge is 0.266 e. The maximum atomic E-state index is 13.5. The van der Waals surface area contributed by atoms with E-state index in [1.165, 1.54) is 12.1 Å². The molecular formula is C25H21FN2O. The summed E-state index contributed by atoms with van der Waals surface area (Å²) >= 11 is 0. The second-order valence-electron chi connectivity index (χ2n) is 6.93. The SMILES string of the molecule is Cc1ccc(NC(=O)/C(C#N)=C/c2ccccc2Cc2cccc(F)c2)cc1C. The first-order valence-corrected chi connectivity index (χ1v) is 9.29. The Bertz CT molecular complexity index is 1130. The van der Waals surface area contributed by atoms with Crippen molar-refractivity contribution in [2.24, 2.45) is 0 Å². The largest absolute Gasteiger partial charge is 0.321 e. The maximum absolute atomic E-state index is 13.5. The average Bonchev–Trinajstić information content (AvgIpc) is 2.70. The number of aryl methyl sites for hydroxylation is 2. The molecule has 0 heterocycles. The minimum absolute atomic E-state index is 0.00919. The van der Waals surface area contributed by atoms with E-state index in [0.717, 1.165) is 27.8 Å². The number of rotatable bonds is 5. The number of hydrogen-bond acceptors (Lipinski definition) is 2. The third kappa shape index (κ3) is 5.18. The molecule has 0 bridgehead atoms. The lowest BCUT2D eigenvalue weighted by atomic mass is 9.98. The van der Waals surface area contributed by atoms with Gasteiger partial charge in [-0.05, 0) is 78.4 Å². The van der Waals surface area contributed by atoms with Gasteiger partial charge in [-0.25, -0.2) is 4.39 Å². The molecule has 1 N–H and O–H groups in total. The Morgan fingerprint density at radius 3 is 2.55 bits per heavy atom. The van der Waals surface area contributed by atoms with Gasteiger partial charge in [0.05, 0.1) is 0 Å². The van der Waals surface area contributed by atoms with Gasteiger partial charge in [0.15, 0.2) is 0 Å². The number of hydrogen-bond donors (Lipinski definition) is 1. The van der Waals surface area contributed by atoms with Crippen LogP contribution >= 0.6 is 0 Å². The van der Waals surface area contributed by atoms with Crippen LogP contribution in [0.5, 0.6) is 0 Å². The maximum Gasteiger partial charge on any atom is 0.266 e. The highest BCUT2D eigenvalue weighted by Gasteiger charge is 2.11. The van der Waals surface area contributed by atoms with E-state index in [2.05, 4.69) is 5.32 Å². The molecule has 3 nitrogen and oxygen atoms in total. The van der Waals surface area contributed by atoms with Crippen LogP contribution in [-0.2, 0) is 11.2 Å². The summed E-state index contributed by atoms with van der Waals surface area (Å²) in [7, 11) is 0. The fourth-order valence-electron chi connectivity index (χ4n) is 3.02. The van der Waals surface area contributed by atoms with Crippen molar-refractivity contribution < 1.29 is 9.18 Å². The Morgan fingerprint density at radius 2 is 1.83 bits per heavy atom. The number of nitriles is 1. The van der Waals surface area contributed by atoms with Crippen LogP contribution in [-0.4, -0.2) is 5.91 Å². The topological polar surface area (TPSA) is 52.9 Å². The Labute approximate surface area is 170 Å². The molecule has 0 aliphatic carbocycles. The third-order valence-electron chi connectivity index (χ3n) is 4.77. The van der Waals surface area contributed by atoms with Crippen molar-refractivity contribution in [3.05, 3.63) is 106 Å². The van der Waals surface area contributed by atoms with Crippen LogP contribution in [0.4, 0.5) is 10.1 Å². The minimum Gasteiger partial charge on any atom is -0.321 e. The molecule has 0 saturated heterocycles. The average molecular weight is 384 g/mol. The number of nitrogens with one attached hydrogen (secondary N) is 1. The van der Waals surface area contributed by atoms with Crippen LogP contribution in [0.2, 0.25) is 0 Å². The van der Waals surface area contributed by atoms with E-state index in [-0.39, 0.29) is 11.4 Å². The number of anilines is 1. The summed E-state index contributed by atoms with van der Waals surface area (Å²) in [6.07, 6.45) is 2.08. The Hall–Kier alpha value is -3.71. The van der Waals surface area contributed by atoms with Crippen molar-refractivity contribution in [3.63, 3.8) is 0 Å². The Morgan fingerprint density at radius 1 is 1.03 bits per heavy atom. The van der Waals surface area contributed by atoms with Crippen molar-refractivity contribution in [3.8, 4) is 6.07 Å².